The quantitative estimate of drug-likeness (QED) is 0.497. The topological polar surface area (TPSA) is 61.6 Å². The molecule has 0 aromatic rings. The Morgan fingerprint density at radius 1 is 0.857 bits per heavy atom. The standard InChI is InChI=1S/C15H27N.CH4O3S/c1-2-3-4-5-6-7-8-9-10-13-16-14-11-12-15-16;1-5(2,3)4/h11-12,14-15H,2-10,13H2,1H3;1H3,(H,2,3,4). The first-order valence-corrected chi connectivity index (χ1v) is 9.86. The van der Waals surface area contributed by atoms with Crippen molar-refractivity contribution in [3.63, 3.8) is 0 Å². The van der Waals surface area contributed by atoms with Crippen LogP contribution >= 0.6 is 0 Å². The largest absolute Gasteiger partial charge is 0.748 e. The molecule has 5 heteroatoms. The van der Waals surface area contributed by atoms with Crippen molar-refractivity contribution >= 4 is 10.1 Å². The van der Waals surface area contributed by atoms with Gasteiger partial charge in [0.25, 0.3) is 0 Å². The second-order valence-corrected chi connectivity index (χ2v) is 6.98. The van der Waals surface area contributed by atoms with E-state index in [9.17, 15) is 0 Å². The van der Waals surface area contributed by atoms with Crippen LogP contribution < -0.4 is 4.90 Å². The second kappa shape index (κ2) is 13.0. The maximum atomic E-state index is 9.08. The Kier molecular flexibility index (Phi) is 12.6. The van der Waals surface area contributed by atoms with Crippen molar-refractivity contribution in [2.75, 3.05) is 12.8 Å². The van der Waals surface area contributed by atoms with E-state index in [0.29, 0.717) is 6.26 Å². The monoisotopic (exact) mass is 317 g/mol. The Labute approximate surface area is 130 Å². The molecule has 0 bridgehead atoms. The van der Waals surface area contributed by atoms with Crippen LogP contribution in [0.3, 0.4) is 0 Å². The molecule has 0 atom stereocenters. The summed E-state index contributed by atoms with van der Waals surface area (Å²) in [5.74, 6) is 0. The molecule has 0 radical (unpaired) electrons. The third kappa shape index (κ3) is 19.4. The lowest BCUT2D eigenvalue weighted by atomic mass is 10.1. The van der Waals surface area contributed by atoms with E-state index in [-0.39, 0.29) is 0 Å². The number of quaternary nitrogens is 1. The molecule has 4 nitrogen and oxygen atoms in total. The van der Waals surface area contributed by atoms with E-state index in [4.69, 9.17) is 13.0 Å². The SMILES string of the molecule is CCCCCCCCCCC[NH+]1C=CC=C1.CS(=O)(=O)[O-]. The van der Waals surface area contributed by atoms with E-state index in [2.05, 4.69) is 31.5 Å². The minimum absolute atomic E-state index is 0.604. The molecule has 21 heavy (non-hydrogen) atoms. The summed E-state index contributed by atoms with van der Waals surface area (Å²) in [6.45, 7) is 3.56. The average molecular weight is 317 g/mol. The summed E-state index contributed by atoms with van der Waals surface area (Å²) in [5, 5.41) is 0. The summed E-state index contributed by atoms with van der Waals surface area (Å²) < 4.78 is 27.2. The predicted molar refractivity (Wildman–Crippen MR) is 87.0 cm³/mol. The molecule has 0 spiro atoms. The Morgan fingerprint density at radius 3 is 1.67 bits per heavy atom. The van der Waals surface area contributed by atoms with Crippen LogP contribution in [0.25, 0.3) is 0 Å². The fourth-order valence-corrected chi connectivity index (χ4v) is 2.22. The smallest absolute Gasteiger partial charge is 0.0990 e. The fraction of sp³-hybridized carbons (Fsp3) is 0.750. The van der Waals surface area contributed by atoms with Crippen molar-refractivity contribution < 1.29 is 17.9 Å². The number of allylic oxidation sites excluding steroid dienone is 2. The summed E-state index contributed by atoms with van der Waals surface area (Å²) in [7, 11) is -3.92. The number of hydrogen-bond acceptors (Lipinski definition) is 3. The van der Waals surface area contributed by atoms with Gasteiger partial charge in [0.15, 0.2) is 0 Å². The molecule has 1 rings (SSSR count). The molecule has 124 valence electrons. The van der Waals surface area contributed by atoms with Gasteiger partial charge in [0.2, 0.25) is 0 Å². The molecule has 1 N–H and O–H groups in total. The van der Waals surface area contributed by atoms with Crippen molar-refractivity contribution in [2.45, 2.75) is 64.7 Å². The van der Waals surface area contributed by atoms with Crippen molar-refractivity contribution in [3.8, 4) is 0 Å². The van der Waals surface area contributed by atoms with Gasteiger partial charge in [-0.15, -0.1) is 0 Å². The third-order valence-corrected chi connectivity index (χ3v) is 3.30. The summed E-state index contributed by atoms with van der Waals surface area (Å²) >= 11 is 0. The van der Waals surface area contributed by atoms with Crippen LogP contribution in [0.2, 0.25) is 0 Å². The highest BCUT2D eigenvalue weighted by molar-refractivity contribution is 7.84. The minimum Gasteiger partial charge on any atom is -0.748 e. The molecule has 0 aromatic carbocycles. The summed E-state index contributed by atoms with van der Waals surface area (Å²) in [5.41, 5.74) is 0. The van der Waals surface area contributed by atoms with Crippen LogP contribution in [-0.4, -0.2) is 25.8 Å². The molecule has 0 fully saturated rings. The zero-order chi connectivity index (χ0) is 16.0. The van der Waals surface area contributed by atoms with Gasteiger partial charge in [0.1, 0.15) is 0 Å². The number of unbranched alkanes of at least 4 members (excludes halogenated alkanes) is 8. The molecule has 0 aromatic heterocycles. The van der Waals surface area contributed by atoms with Gasteiger partial charge in [-0.25, -0.2) is 8.42 Å². The lowest BCUT2D eigenvalue weighted by molar-refractivity contribution is -0.787. The number of nitrogens with one attached hydrogen (secondary N) is 1. The summed E-state index contributed by atoms with van der Waals surface area (Å²) in [6, 6.07) is 0. The molecule has 0 saturated carbocycles. The van der Waals surface area contributed by atoms with Gasteiger partial charge in [-0.1, -0.05) is 51.9 Å². The lowest BCUT2D eigenvalue weighted by Gasteiger charge is -2.06. The van der Waals surface area contributed by atoms with Gasteiger partial charge in [-0.2, -0.15) is 0 Å². The molecular weight excluding hydrogens is 286 g/mol. The van der Waals surface area contributed by atoms with E-state index in [1.165, 1.54) is 69.2 Å². The second-order valence-electron chi connectivity index (χ2n) is 5.58. The number of rotatable bonds is 10. The van der Waals surface area contributed by atoms with E-state index < -0.39 is 10.1 Å². The fourth-order valence-electron chi connectivity index (χ4n) is 2.22. The molecule has 0 unspecified atom stereocenters. The van der Waals surface area contributed by atoms with Crippen molar-refractivity contribution in [1.82, 2.24) is 0 Å². The van der Waals surface area contributed by atoms with Gasteiger partial charge < -0.3 is 4.55 Å². The maximum absolute atomic E-state index is 9.08. The van der Waals surface area contributed by atoms with Gasteiger partial charge >= 0.3 is 0 Å². The molecule has 1 heterocycles. The van der Waals surface area contributed by atoms with Crippen LogP contribution in [0, 0.1) is 0 Å². The first kappa shape index (κ1) is 20.3. The van der Waals surface area contributed by atoms with Crippen LogP contribution in [0.1, 0.15) is 64.7 Å². The van der Waals surface area contributed by atoms with Crippen molar-refractivity contribution in [1.29, 1.82) is 0 Å². The van der Waals surface area contributed by atoms with Crippen molar-refractivity contribution in [2.24, 2.45) is 0 Å². The Bertz CT molecular complexity index is 368. The highest BCUT2D eigenvalue weighted by Gasteiger charge is 2.02. The molecule has 0 aliphatic carbocycles. The highest BCUT2D eigenvalue weighted by atomic mass is 32.2. The Morgan fingerprint density at radius 2 is 1.24 bits per heavy atom. The molecule has 1 aliphatic heterocycles. The normalized spacial score (nSPS) is 14.2. The molecule has 1 aliphatic rings. The summed E-state index contributed by atoms with van der Waals surface area (Å²) in [6.07, 6.45) is 22.2. The van der Waals surface area contributed by atoms with E-state index in [1.807, 2.05) is 0 Å². The van der Waals surface area contributed by atoms with Crippen LogP contribution in [-0.2, 0) is 10.1 Å². The van der Waals surface area contributed by atoms with Gasteiger partial charge in [-0.3, -0.25) is 4.90 Å². The molecule has 0 amide bonds. The Hall–Kier alpha value is -0.650. The van der Waals surface area contributed by atoms with Gasteiger partial charge in [0.05, 0.1) is 29.1 Å². The Balaban J connectivity index is 0.000000690. The predicted octanol–water partition coefficient (Wildman–Crippen LogP) is 2.60. The van der Waals surface area contributed by atoms with E-state index in [0.717, 1.165) is 0 Å². The van der Waals surface area contributed by atoms with Crippen LogP contribution in [0.4, 0.5) is 0 Å². The zero-order valence-corrected chi connectivity index (χ0v) is 14.3. The lowest BCUT2D eigenvalue weighted by Crippen LogP contribution is -3.01. The highest BCUT2D eigenvalue weighted by Crippen LogP contribution is 2.08. The number of hydrogen-bond donors (Lipinski definition) is 1. The molecular formula is C16H31NO3S. The minimum atomic E-state index is -3.92. The van der Waals surface area contributed by atoms with Crippen LogP contribution in [0.15, 0.2) is 24.6 Å². The average Bonchev–Trinajstić information content (AvgIpc) is 2.88. The maximum Gasteiger partial charge on any atom is 0.0990 e. The van der Waals surface area contributed by atoms with E-state index in [1.54, 1.807) is 0 Å². The summed E-state index contributed by atoms with van der Waals surface area (Å²) in [4.78, 5) is 1.52. The molecule has 0 saturated heterocycles. The first-order chi connectivity index (χ1) is 9.93. The van der Waals surface area contributed by atoms with E-state index >= 15 is 0 Å². The third-order valence-electron chi connectivity index (χ3n) is 3.30. The zero-order valence-electron chi connectivity index (χ0n) is 13.5. The first-order valence-electron chi connectivity index (χ1n) is 8.05. The van der Waals surface area contributed by atoms with Crippen molar-refractivity contribution in [3.05, 3.63) is 24.6 Å². The van der Waals surface area contributed by atoms with Gasteiger partial charge in [-0.05, 0) is 25.0 Å². The van der Waals surface area contributed by atoms with Gasteiger partial charge in [0, 0.05) is 6.26 Å². The van der Waals surface area contributed by atoms with Crippen LogP contribution in [0.5, 0.6) is 0 Å².